The molecule has 0 radical (unpaired) electrons. The molecule has 1 aliphatic rings. The smallest absolute Gasteiger partial charge is 0.306 e. The largest absolute Gasteiger partial charge is 0.416 e. The summed E-state index contributed by atoms with van der Waals surface area (Å²) >= 11 is 7.58. The molecular formula is C15H13ClF3NS. The van der Waals surface area contributed by atoms with Crippen LogP contribution in [0.15, 0.2) is 30.3 Å². The number of benzene rings is 1. The van der Waals surface area contributed by atoms with Gasteiger partial charge in [-0.05, 0) is 36.1 Å². The molecule has 1 heterocycles. The molecule has 1 N–H and O–H groups in total. The number of aryl methyl sites for hydroxylation is 1. The van der Waals surface area contributed by atoms with Crippen molar-refractivity contribution in [2.45, 2.75) is 31.6 Å². The molecule has 0 amide bonds. The molecule has 1 aromatic heterocycles. The van der Waals surface area contributed by atoms with Crippen LogP contribution in [0.2, 0.25) is 4.34 Å². The maximum Gasteiger partial charge on any atom is 0.416 e. The number of hydrogen-bond donors (Lipinski definition) is 1. The van der Waals surface area contributed by atoms with E-state index in [1.807, 2.05) is 6.07 Å². The maximum absolute atomic E-state index is 12.7. The Kier molecular flexibility index (Phi) is 3.99. The summed E-state index contributed by atoms with van der Waals surface area (Å²) in [4.78, 5) is 1.28. The molecule has 112 valence electrons. The third-order valence-corrected chi connectivity index (χ3v) is 4.99. The second-order valence-electron chi connectivity index (χ2n) is 5.10. The van der Waals surface area contributed by atoms with Gasteiger partial charge in [-0.2, -0.15) is 13.2 Å². The lowest BCUT2D eigenvalue weighted by Gasteiger charge is -2.14. The molecule has 1 aromatic carbocycles. The van der Waals surface area contributed by atoms with Crippen molar-refractivity contribution in [3.8, 4) is 0 Å². The quantitative estimate of drug-likeness (QED) is 0.815. The van der Waals surface area contributed by atoms with Crippen LogP contribution >= 0.6 is 22.9 Å². The van der Waals surface area contributed by atoms with E-state index in [4.69, 9.17) is 11.6 Å². The Bertz CT molecular complexity index is 651. The van der Waals surface area contributed by atoms with Crippen molar-refractivity contribution in [3.05, 3.63) is 56.2 Å². The summed E-state index contributed by atoms with van der Waals surface area (Å²) in [5.74, 6) is 0. The van der Waals surface area contributed by atoms with E-state index in [9.17, 15) is 13.2 Å². The van der Waals surface area contributed by atoms with E-state index < -0.39 is 11.7 Å². The van der Waals surface area contributed by atoms with E-state index in [1.54, 1.807) is 17.4 Å². The highest BCUT2D eigenvalue weighted by Gasteiger charge is 2.30. The van der Waals surface area contributed by atoms with E-state index in [1.165, 1.54) is 22.6 Å². The zero-order valence-corrected chi connectivity index (χ0v) is 12.6. The van der Waals surface area contributed by atoms with Crippen molar-refractivity contribution in [2.75, 3.05) is 0 Å². The van der Waals surface area contributed by atoms with Gasteiger partial charge in [0.15, 0.2) is 0 Å². The predicted octanol–water partition coefficient (Wildman–Crippen LogP) is 5.20. The molecule has 0 spiro atoms. The molecule has 2 aromatic rings. The average molecular weight is 332 g/mol. The van der Waals surface area contributed by atoms with Gasteiger partial charge >= 0.3 is 6.18 Å². The first kappa shape index (κ1) is 14.9. The van der Waals surface area contributed by atoms with Crippen molar-refractivity contribution >= 4 is 22.9 Å². The monoisotopic (exact) mass is 331 g/mol. The van der Waals surface area contributed by atoms with Gasteiger partial charge in [0.25, 0.3) is 0 Å². The van der Waals surface area contributed by atoms with Crippen LogP contribution in [0.5, 0.6) is 0 Å². The SMILES string of the molecule is FC(F)(F)c1cccc(CNC2CCc3sc(Cl)cc32)c1. The first-order valence-corrected chi connectivity index (χ1v) is 7.80. The molecule has 3 rings (SSSR count). The molecule has 0 saturated heterocycles. The highest BCUT2D eigenvalue weighted by molar-refractivity contribution is 7.16. The molecule has 1 aliphatic carbocycles. The Morgan fingerprint density at radius 3 is 2.86 bits per heavy atom. The molecule has 6 heteroatoms. The molecule has 0 aliphatic heterocycles. The molecule has 0 fully saturated rings. The Balaban J connectivity index is 1.69. The van der Waals surface area contributed by atoms with Gasteiger partial charge in [-0.3, -0.25) is 0 Å². The van der Waals surface area contributed by atoms with Crippen LogP contribution in [0.3, 0.4) is 0 Å². The summed E-state index contributed by atoms with van der Waals surface area (Å²) in [6.45, 7) is 0.418. The van der Waals surface area contributed by atoms with Gasteiger partial charge in [-0.15, -0.1) is 11.3 Å². The summed E-state index contributed by atoms with van der Waals surface area (Å²) < 4.78 is 38.8. The molecule has 0 bridgehead atoms. The highest BCUT2D eigenvalue weighted by atomic mass is 35.5. The van der Waals surface area contributed by atoms with Gasteiger partial charge in [0.2, 0.25) is 0 Å². The lowest BCUT2D eigenvalue weighted by atomic mass is 10.1. The van der Waals surface area contributed by atoms with Crippen LogP contribution in [-0.2, 0) is 19.1 Å². The van der Waals surface area contributed by atoms with Crippen molar-refractivity contribution < 1.29 is 13.2 Å². The fourth-order valence-corrected chi connectivity index (χ4v) is 4.00. The Morgan fingerprint density at radius 1 is 1.29 bits per heavy atom. The third kappa shape index (κ3) is 3.25. The molecular weight excluding hydrogens is 319 g/mol. The van der Waals surface area contributed by atoms with E-state index in [0.29, 0.717) is 12.1 Å². The van der Waals surface area contributed by atoms with Crippen LogP contribution < -0.4 is 5.32 Å². The Labute approximate surface area is 129 Å². The topological polar surface area (TPSA) is 12.0 Å². The number of hydrogen-bond acceptors (Lipinski definition) is 2. The van der Waals surface area contributed by atoms with Crippen LogP contribution in [0.25, 0.3) is 0 Å². The fraction of sp³-hybridized carbons (Fsp3) is 0.333. The van der Waals surface area contributed by atoms with Gasteiger partial charge < -0.3 is 5.32 Å². The van der Waals surface area contributed by atoms with E-state index >= 15 is 0 Å². The van der Waals surface area contributed by atoms with Gasteiger partial charge in [-0.25, -0.2) is 0 Å². The van der Waals surface area contributed by atoms with Gasteiger partial charge in [0.1, 0.15) is 0 Å². The van der Waals surface area contributed by atoms with Crippen molar-refractivity contribution in [3.63, 3.8) is 0 Å². The van der Waals surface area contributed by atoms with Crippen molar-refractivity contribution in [1.82, 2.24) is 5.32 Å². The normalized spacial score (nSPS) is 18.0. The number of thiophene rings is 1. The summed E-state index contributed by atoms with van der Waals surface area (Å²) in [5, 5.41) is 3.33. The summed E-state index contributed by atoms with van der Waals surface area (Å²) in [7, 11) is 0. The minimum absolute atomic E-state index is 0.179. The highest BCUT2D eigenvalue weighted by Crippen LogP contribution is 2.39. The van der Waals surface area contributed by atoms with Crippen LogP contribution in [0.4, 0.5) is 13.2 Å². The fourth-order valence-electron chi connectivity index (χ4n) is 2.64. The minimum atomic E-state index is -4.29. The number of alkyl halides is 3. The van der Waals surface area contributed by atoms with E-state index in [-0.39, 0.29) is 6.04 Å². The van der Waals surface area contributed by atoms with Crippen molar-refractivity contribution in [1.29, 1.82) is 0 Å². The van der Waals surface area contributed by atoms with Crippen LogP contribution in [0.1, 0.15) is 34.0 Å². The lowest BCUT2D eigenvalue weighted by molar-refractivity contribution is -0.137. The first-order chi connectivity index (χ1) is 9.93. The molecule has 1 unspecified atom stereocenters. The van der Waals surface area contributed by atoms with E-state index in [2.05, 4.69) is 5.32 Å². The second-order valence-corrected chi connectivity index (χ2v) is 6.87. The van der Waals surface area contributed by atoms with Gasteiger partial charge in [0, 0.05) is 17.5 Å². The second kappa shape index (κ2) is 5.63. The maximum atomic E-state index is 12.7. The Morgan fingerprint density at radius 2 is 2.10 bits per heavy atom. The van der Waals surface area contributed by atoms with E-state index in [0.717, 1.165) is 23.2 Å². The molecule has 1 atom stereocenters. The first-order valence-electron chi connectivity index (χ1n) is 6.61. The number of rotatable bonds is 3. The van der Waals surface area contributed by atoms with Gasteiger partial charge in [0.05, 0.1) is 9.90 Å². The zero-order chi connectivity index (χ0) is 15.0. The summed E-state index contributed by atoms with van der Waals surface area (Å²) in [6.07, 6.45) is -2.35. The lowest BCUT2D eigenvalue weighted by Crippen LogP contribution is -2.18. The zero-order valence-electron chi connectivity index (χ0n) is 11.0. The predicted molar refractivity (Wildman–Crippen MR) is 78.7 cm³/mol. The number of nitrogens with one attached hydrogen (secondary N) is 1. The average Bonchev–Trinajstić information content (AvgIpc) is 2.95. The molecule has 1 nitrogen and oxygen atoms in total. The molecule has 21 heavy (non-hydrogen) atoms. The minimum Gasteiger partial charge on any atom is -0.306 e. The van der Waals surface area contributed by atoms with Crippen LogP contribution in [0, 0.1) is 0 Å². The number of fused-ring (bicyclic) bond motifs is 1. The van der Waals surface area contributed by atoms with Crippen LogP contribution in [-0.4, -0.2) is 0 Å². The standard InChI is InChI=1S/C15H13ClF3NS/c16-14-7-11-12(4-5-13(11)21-14)20-8-9-2-1-3-10(6-9)15(17,18)19/h1-3,6-7,12,20H,4-5,8H2. The summed E-state index contributed by atoms with van der Waals surface area (Å²) in [5.41, 5.74) is 1.23. The third-order valence-electron chi connectivity index (χ3n) is 3.65. The molecule has 0 saturated carbocycles. The van der Waals surface area contributed by atoms with Crippen molar-refractivity contribution in [2.24, 2.45) is 0 Å². The summed E-state index contributed by atoms with van der Waals surface area (Å²) in [6, 6.07) is 7.58. The van der Waals surface area contributed by atoms with Gasteiger partial charge in [-0.1, -0.05) is 29.8 Å². The Hall–Kier alpha value is -1.04. The number of halogens is 4.